The Hall–Kier alpha value is -3.45. The molecule has 0 fully saturated rings. The molecule has 0 amide bonds. The Kier molecular flexibility index (Phi) is 4.67. The van der Waals surface area contributed by atoms with Gasteiger partial charge in [-0.1, -0.05) is 36.4 Å². The van der Waals surface area contributed by atoms with Gasteiger partial charge in [0.2, 0.25) is 5.78 Å². The first-order valence-corrected chi connectivity index (χ1v) is 9.60. The van der Waals surface area contributed by atoms with E-state index in [2.05, 4.69) is 4.98 Å². The molecule has 2 N–H and O–H groups in total. The van der Waals surface area contributed by atoms with Gasteiger partial charge in [0.1, 0.15) is 5.82 Å². The van der Waals surface area contributed by atoms with Gasteiger partial charge >= 0.3 is 0 Å². The fourth-order valence-corrected chi connectivity index (χ4v) is 3.89. The van der Waals surface area contributed by atoms with Gasteiger partial charge < -0.3 is 10.5 Å². The van der Waals surface area contributed by atoms with Gasteiger partial charge in [0.05, 0.1) is 17.9 Å². The van der Waals surface area contributed by atoms with Gasteiger partial charge in [-0.15, -0.1) is 11.3 Å². The van der Waals surface area contributed by atoms with Gasteiger partial charge in [0.15, 0.2) is 10.7 Å². The number of nitrogen functional groups attached to an aromatic ring is 1. The van der Waals surface area contributed by atoms with E-state index in [4.69, 9.17) is 10.5 Å². The van der Waals surface area contributed by atoms with Gasteiger partial charge in [-0.2, -0.15) is 4.98 Å². The van der Waals surface area contributed by atoms with Crippen molar-refractivity contribution in [2.75, 3.05) is 12.3 Å². The van der Waals surface area contributed by atoms with Crippen molar-refractivity contribution >= 4 is 34.0 Å². The number of nitrogens with two attached hydrogens (primary N) is 1. The first kappa shape index (κ1) is 17.9. The molecule has 6 nitrogen and oxygen atoms in total. The van der Waals surface area contributed by atoms with E-state index >= 15 is 0 Å². The summed E-state index contributed by atoms with van der Waals surface area (Å²) in [6.07, 6.45) is 6.28. The SMILES string of the molecule is CCOC1=C/C(=C/c2c(N)n3c(-c4ccccc4)csc3nc2=O)C=CC1=O. The number of fused-ring (bicyclic) bond motifs is 1. The van der Waals surface area contributed by atoms with Gasteiger partial charge in [0.25, 0.3) is 5.56 Å². The maximum Gasteiger partial charge on any atom is 0.283 e. The van der Waals surface area contributed by atoms with E-state index < -0.39 is 5.56 Å². The standard InChI is InChI=1S/C21H17N3O3S/c1-2-27-18-11-13(8-9-17(18)25)10-15-19(22)24-16(14-6-4-3-5-7-14)12-28-21(24)23-20(15)26/h3-12H,2,22H2,1H3/b13-10+. The summed E-state index contributed by atoms with van der Waals surface area (Å²) < 4.78 is 7.13. The van der Waals surface area contributed by atoms with Crippen molar-refractivity contribution in [2.24, 2.45) is 0 Å². The quantitative estimate of drug-likeness (QED) is 0.736. The summed E-state index contributed by atoms with van der Waals surface area (Å²) in [4.78, 5) is 29.1. The molecule has 0 saturated carbocycles. The fraction of sp³-hybridized carbons (Fsp3) is 0.0952. The largest absolute Gasteiger partial charge is 0.490 e. The Labute approximate surface area is 164 Å². The number of hydrogen-bond donors (Lipinski definition) is 1. The molecule has 2 heterocycles. The van der Waals surface area contributed by atoms with E-state index in [0.717, 1.165) is 11.3 Å². The zero-order chi connectivity index (χ0) is 19.7. The number of allylic oxidation sites excluding steroid dienone is 4. The van der Waals surface area contributed by atoms with Crippen LogP contribution in [0.3, 0.4) is 0 Å². The molecule has 1 aliphatic carbocycles. The van der Waals surface area contributed by atoms with Crippen molar-refractivity contribution < 1.29 is 9.53 Å². The predicted molar refractivity (Wildman–Crippen MR) is 111 cm³/mol. The van der Waals surface area contributed by atoms with Crippen LogP contribution in [-0.2, 0) is 9.53 Å². The lowest BCUT2D eigenvalue weighted by molar-refractivity contribution is -0.114. The number of anilines is 1. The highest BCUT2D eigenvalue weighted by molar-refractivity contribution is 7.15. The predicted octanol–water partition coefficient (Wildman–Crippen LogP) is 3.45. The topological polar surface area (TPSA) is 86.7 Å². The second-order valence-electron chi connectivity index (χ2n) is 6.10. The molecule has 28 heavy (non-hydrogen) atoms. The minimum atomic E-state index is -0.414. The number of nitrogens with zero attached hydrogens (tertiary/aromatic N) is 2. The highest BCUT2D eigenvalue weighted by Crippen LogP contribution is 2.28. The number of hydrogen-bond acceptors (Lipinski definition) is 6. The molecule has 0 atom stereocenters. The monoisotopic (exact) mass is 391 g/mol. The van der Waals surface area contributed by atoms with Crippen LogP contribution in [0.4, 0.5) is 5.82 Å². The second-order valence-corrected chi connectivity index (χ2v) is 6.94. The van der Waals surface area contributed by atoms with Crippen LogP contribution in [0.25, 0.3) is 22.3 Å². The molecule has 4 rings (SSSR count). The third kappa shape index (κ3) is 3.16. The van der Waals surface area contributed by atoms with E-state index in [0.29, 0.717) is 23.0 Å². The molecule has 1 aliphatic rings. The number of carbonyl (C=O) groups excluding carboxylic acids is 1. The number of ether oxygens (including phenoxy) is 1. The minimum absolute atomic E-state index is 0.207. The van der Waals surface area contributed by atoms with Crippen molar-refractivity contribution in [2.45, 2.75) is 6.92 Å². The average molecular weight is 391 g/mol. The highest BCUT2D eigenvalue weighted by atomic mass is 32.1. The first-order valence-electron chi connectivity index (χ1n) is 8.72. The molecule has 0 aliphatic heterocycles. The van der Waals surface area contributed by atoms with Crippen LogP contribution in [-0.4, -0.2) is 21.8 Å². The lowest BCUT2D eigenvalue weighted by Gasteiger charge is -2.11. The van der Waals surface area contributed by atoms with Crippen molar-refractivity contribution in [1.82, 2.24) is 9.38 Å². The van der Waals surface area contributed by atoms with E-state index in [1.54, 1.807) is 29.6 Å². The van der Waals surface area contributed by atoms with Gasteiger partial charge in [-0.25, -0.2) is 0 Å². The number of thiazole rings is 1. The average Bonchev–Trinajstić information content (AvgIpc) is 3.12. The van der Waals surface area contributed by atoms with Crippen molar-refractivity contribution in [3.05, 3.63) is 81.2 Å². The molecule has 0 unspecified atom stereocenters. The summed E-state index contributed by atoms with van der Waals surface area (Å²) in [7, 11) is 0. The summed E-state index contributed by atoms with van der Waals surface area (Å²) in [5, 5.41) is 1.93. The third-order valence-electron chi connectivity index (χ3n) is 4.30. The van der Waals surface area contributed by atoms with Gasteiger partial charge in [-0.05, 0) is 36.3 Å². The molecule has 7 heteroatoms. The Morgan fingerprint density at radius 2 is 2.00 bits per heavy atom. The van der Waals surface area contributed by atoms with E-state index in [1.165, 1.54) is 17.4 Å². The normalized spacial score (nSPS) is 15.2. The number of rotatable bonds is 4. The first-order chi connectivity index (χ1) is 13.6. The highest BCUT2D eigenvalue weighted by Gasteiger charge is 2.17. The molecular formula is C21H17N3O3S. The number of carbonyl (C=O) groups is 1. The Balaban J connectivity index is 1.88. The molecular weight excluding hydrogens is 374 g/mol. The molecule has 3 aromatic rings. The number of aromatic nitrogens is 2. The summed E-state index contributed by atoms with van der Waals surface area (Å²) in [5.41, 5.74) is 8.73. The Morgan fingerprint density at radius 1 is 1.21 bits per heavy atom. The summed E-state index contributed by atoms with van der Waals surface area (Å²) in [6, 6.07) is 9.78. The summed E-state index contributed by atoms with van der Waals surface area (Å²) in [5.74, 6) is 0.338. The van der Waals surface area contributed by atoms with Crippen LogP contribution in [0.5, 0.6) is 0 Å². The molecule has 0 saturated heterocycles. The van der Waals surface area contributed by atoms with E-state index in [9.17, 15) is 9.59 Å². The zero-order valence-electron chi connectivity index (χ0n) is 15.1. The Bertz CT molecular complexity index is 1220. The van der Waals surface area contributed by atoms with Gasteiger partial charge in [0, 0.05) is 5.38 Å². The zero-order valence-corrected chi connectivity index (χ0v) is 15.9. The van der Waals surface area contributed by atoms with Crippen LogP contribution >= 0.6 is 11.3 Å². The maximum atomic E-state index is 12.6. The van der Waals surface area contributed by atoms with E-state index in [1.807, 2.05) is 35.7 Å². The van der Waals surface area contributed by atoms with Crippen LogP contribution in [0.1, 0.15) is 12.5 Å². The molecule has 140 valence electrons. The van der Waals surface area contributed by atoms with Crippen LogP contribution in [0, 0.1) is 0 Å². The Morgan fingerprint density at radius 3 is 2.75 bits per heavy atom. The smallest absolute Gasteiger partial charge is 0.283 e. The minimum Gasteiger partial charge on any atom is -0.490 e. The van der Waals surface area contributed by atoms with Crippen molar-refractivity contribution in [1.29, 1.82) is 0 Å². The summed E-state index contributed by atoms with van der Waals surface area (Å²) >= 11 is 1.36. The molecule has 1 aromatic carbocycles. The van der Waals surface area contributed by atoms with Crippen LogP contribution in [0.15, 0.2) is 70.1 Å². The van der Waals surface area contributed by atoms with Crippen LogP contribution < -0.4 is 11.3 Å². The number of benzene rings is 1. The van der Waals surface area contributed by atoms with E-state index in [-0.39, 0.29) is 17.1 Å². The van der Waals surface area contributed by atoms with Crippen molar-refractivity contribution in [3.63, 3.8) is 0 Å². The number of ketones is 1. The summed E-state index contributed by atoms with van der Waals surface area (Å²) in [6.45, 7) is 2.19. The molecule has 0 spiro atoms. The lowest BCUT2D eigenvalue weighted by atomic mass is 10.0. The fourth-order valence-electron chi connectivity index (χ4n) is 2.99. The molecule has 2 aromatic heterocycles. The molecule has 0 bridgehead atoms. The maximum absolute atomic E-state index is 12.6. The lowest BCUT2D eigenvalue weighted by Crippen LogP contribution is -2.16. The van der Waals surface area contributed by atoms with Crippen LogP contribution in [0.2, 0.25) is 0 Å². The van der Waals surface area contributed by atoms with Gasteiger partial charge in [-0.3, -0.25) is 14.0 Å². The third-order valence-corrected chi connectivity index (χ3v) is 5.13. The van der Waals surface area contributed by atoms with Crippen molar-refractivity contribution in [3.8, 4) is 11.3 Å². The molecule has 0 radical (unpaired) electrons. The second kappa shape index (κ2) is 7.28.